The molecule has 120 valence electrons. The van der Waals surface area contributed by atoms with Gasteiger partial charge in [0.2, 0.25) is 5.91 Å². The fraction of sp³-hybridized carbons (Fsp3) is 0.533. The molecule has 1 aromatic rings. The van der Waals surface area contributed by atoms with E-state index in [1.165, 1.54) is 4.90 Å². The van der Waals surface area contributed by atoms with Crippen molar-refractivity contribution in [3.63, 3.8) is 0 Å². The van der Waals surface area contributed by atoms with Crippen molar-refractivity contribution < 1.29 is 22.4 Å². The van der Waals surface area contributed by atoms with E-state index in [2.05, 4.69) is 0 Å². The van der Waals surface area contributed by atoms with E-state index in [-0.39, 0.29) is 25.1 Å². The van der Waals surface area contributed by atoms with Crippen LogP contribution in [0.2, 0.25) is 0 Å². The Bertz CT molecular complexity index is 601. The molecule has 7 heteroatoms. The van der Waals surface area contributed by atoms with Crippen LogP contribution in [-0.2, 0) is 4.79 Å². The number of anilines is 1. The molecule has 1 aliphatic heterocycles. The Labute approximate surface area is 125 Å². The van der Waals surface area contributed by atoms with Crippen molar-refractivity contribution in [2.75, 3.05) is 11.4 Å². The van der Waals surface area contributed by atoms with E-state index in [1.807, 2.05) is 0 Å². The van der Waals surface area contributed by atoms with Gasteiger partial charge in [0.1, 0.15) is 11.6 Å². The third kappa shape index (κ3) is 2.58. The highest BCUT2D eigenvalue weighted by Gasteiger charge is 2.56. The SMILES string of the molecule is N[C@H]1CC(F)(F)C[C@]2(CCN(c3cc(F)cc(F)c3)C2=O)C1. The third-order valence-electron chi connectivity index (χ3n) is 4.48. The molecule has 1 aromatic carbocycles. The first-order valence-corrected chi connectivity index (χ1v) is 7.12. The summed E-state index contributed by atoms with van der Waals surface area (Å²) < 4.78 is 54.2. The Hall–Kier alpha value is -1.63. The molecule has 1 aliphatic carbocycles. The zero-order valence-corrected chi connectivity index (χ0v) is 11.8. The number of benzene rings is 1. The summed E-state index contributed by atoms with van der Waals surface area (Å²) in [5.74, 6) is -5.13. The maximum atomic E-state index is 13.8. The summed E-state index contributed by atoms with van der Waals surface area (Å²) in [6.45, 7) is 0.157. The number of carbonyl (C=O) groups is 1. The van der Waals surface area contributed by atoms with Gasteiger partial charge in [-0.25, -0.2) is 17.6 Å². The topological polar surface area (TPSA) is 46.3 Å². The van der Waals surface area contributed by atoms with Gasteiger partial charge in [0.25, 0.3) is 5.92 Å². The molecule has 2 fully saturated rings. The molecular formula is C15H16F4N2O. The quantitative estimate of drug-likeness (QED) is 0.810. The van der Waals surface area contributed by atoms with Gasteiger partial charge in [0.05, 0.1) is 5.41 Å². The monoisotopic (exact) mass is 316 g/mol. The number of hydrogen-bond acceptors (Lipinski definition) is 2. The van der Waals surface area contributed by atoms with Crippen LogP contribution in [0, 0.1) is 17.0 Å². The maximum absolute atomic E-state index is 13.8. The van der Waals surface area contributed by atoms with E-state index in [9.17, 15) is 22.4 Å². The lowest BCUT2D eigenvalue weighted by Crippen LogP contribution is -2.49. The molecule has 1 spiro atoms. The van der Waals surface area contributed by atoms with Gasteiger partial charge in [0, 0.05) is 37.2 Å². The Morgan fingerprint density at radius 1 is 1.14 bits per heavy atom. The third-order valence-corrected chi connectivity index (χ3v) is 4.48. The molecule has 1 saturated heterocycles. The minimum atomic E-state index is -2.99. The summed E-state index contributed by atoms with van der Waals surface area (Å²) >= 11 is 0. The van der Waals surface area contributed by atoms with Crippen molar-refractivity contribution >= 4 is 11.6 Å². The molecular weight excluding hydrogens is 300 g/mol. The normalized spacial score (nSPS) is 31.0. The van der Waals surface area contributed by atoms with Crippen molar-refractivity contribution in [3.8, 4) is 0 Å². The average Bonchev–Trinajstić information content (AvgIpc) is 2.62. The zero-order chi connectivity index (χ0) is 16.1. The molecule has 0 unspecified atom stereocenters. The van der Waals surface area contributed by atoms with E-state index in [1.54, 1.807) is 0 Å². The van der Waals surface area contributed by atoms with Gasteiger partial charge >= 0.3 is 0 Å². The molecule has 0 aromatic heterocycles. The van der Waals surface area contributed by atoms with Gasteiger partial charge in [0.15, 0.2) is 0 Å². The second-order valence-corrected chi connectivity index (χ2v) is 6.32. The smallest absolute Gasteiger partial charge is 0.250 e. The summed E-state index contributed by atoms with van der Waals surface area (Å²) in [6.07, 6.45) is -0.597. The first kappa shape index (κ1) is 15.3. The molecule has 22 heavy (non-hydrogen) atoms. The van der Waals surface area contributed by atoms with Crippen LogP contribution < -0.4 is 10.6 Å². The maximum Gasteiger partial charge on any atom is 0.250 e. The lowest BCUT2D eigenvalue weighted by molar-refractivity contribution is -0.139. The summed E-state index contributed by atoms with van der Waals surface area (Å²) in [5, 5.41) is 0. The van der Waals surface area contributed by atoms with E-state index in [0.29, 0.717) is 6.07 Å². The number of hydrogen-bond donors (Lipinski definition) is 1. The molecule has 3 nitrogen and oxygen atoms in total. The summed E-state index contributed by atoms with van der Waals surface area (Å²) in [6, 6.07) is 2.00. The van der Waals surface area contributed by atoms with Crippen LogP contribution in [0.5, 0.6) is 0 Å². The van der Waals surface area contributed by atoms with Crippen molar-refractivity contribution in [2.45, 2.75) is 37.6 Å². The van der Waals surface area contributed by atoms with Gasteiger partial charge < -0.3 is 10.6 Å². The van der Waals surface area contributed by atoms with Crippen LogP contribution in [0.3, 0.4) is 0 Å². The van der Waals surface area contributed by atoms with Gasteiger partial charge in [-0.1, -0.05) is 0 Å². The zero-order valence-electron chi connectivity index (χ0n) is 11.8. The Morgan fingerprint density at radius 3 is 2.36 bits per heavy atom. The second-order valence-electron chi connectivity index (χ2n) is 6.32. The van der Waals surface area contributed by atoms with Crippen LogP contribution in [0.15, 0.2) is 18.2 Å². The Balaban J connectivity index is 1.91. The van der Waals surface area contributed by atoms with Crippen LogP contribution in [0.1, 0.15) is 25.7 Å². The van der Waals surface area contributed by atoms with E-state index in [0.717, 1.165) is 12.1 Å². The predicted molar refractivity (Wildman–Crippen MR) is 72.5 cm³/mol. The number of rotatable bonds is 1. The lowest BCUT2D eigenvalue weighted by Gasteiger charge is -2.39. The van der Waals surface area contributed by atoms with E-state index < -0.39 is 47.8 Å². The average molecular weight is 316 g/mol. The van der Waals surface area contributed by atoms with Crippen molar-refractivity contribution in [1.82, 2.24) is 0 Å². The molecule has 0 bridgehead atoms. The van der Waals surface area contributed by atoms with Crippen LogP contribution in [0.25, 0.3) is 0 Å². The molecule has 1 heterocycles. The van der Waals surface area contributed by atoms with Gasteiger partial charge in [-0.05, 0) is 25.0 Å². The number of halogens is 4. The lowest BCUT2D eigenvalue weighted by atomic mass is 9.69. The molecule has 1 amide bonds. The van der Waals surface area contributed by atoms with Crippen molar-refractivity contribution in [2.24, 2.45) is 11.1 Å². The molecule has 2 N–H and O–H groups in total. The number of alkyl halides is 2. The molecule has 3 rings (SSSR count). The summed E-state index contributed by atoms with van der Waals surface area (Å²) in [4.78, 5) is 13.8. The van der Waals surface area contributed by atoms with Crippen molar-refractivity contribution in [3.05, 3.63) is 29.8 Å². The highest BCUT2D eigenvalue weighted by Crippen LogP contribution is 2.50. The number of carbonyl (C=O) groups excluding carboxylic acids is 1. The summed E-state index contributed by atoms with van der Waals surface area (Å²) in [5.41, 5.74) is 4.51. The van der Waals surface area contributed by atoms with Crippen LogP contribution in [-0.4, -0.2) is 24.4 Å². The van der Waals surface area contributed by atoms with Crippen LogP contribution in [0.4, 0.5) is 23.2 Å². The first-order chi connectivity index (χ1) is 10.2. The largest absolute Gasteiger partial charge is 0.327 e. The van der Waals surface area contributed by atoms with E-state index >= 15 is 0 Å². The van der Waals surface area contributed by atoms with E-state index in [4.69, 9.17) is 5.73 Å². The molecule has 2 aliphatic rings. The molecule has 0 radical (unpaired) electrons. The molecule has 2 atom stereocenters. The number of amides is 1. The minimum Gasteiger partial charge on any atom is -0.327 e. The fourth-order valence-electron chi connectivity index (χ4n) is 3.71. The second kappa shape index (κ2) is 4.94. The highest BCUT2D eigenvalue weighted by molar-refractivity contribution is 6.00. The van der Waals surface area contributed by atoms with Crippen molar-refractivity contribution in [1.29, 1.82) is 0 Å². The first-order valence-electron chi connectivity index (χ1n) is 7.12. The Kier molecular flexibility index (Phi) is 3.43. The summed E-state index contributed by atoms with van der Waals surface area (Å²) in [7, 11) is 0. The van der Waals surface area contributed by atoms with Crippen LogP contribution >= 0.6 is 0 Å². The van der Waals surface area contributed by atoms with Gasteiger partial charge in [-0.3, -0.25) is 4.79 Å². The highest BCUT2D eigenvalue weighted by atomic mass is 19.3. The predicted octanol–water partition coefficient (Wildman–Crippen LogP) is 2.83. The standard InChI is InChI=1S/C15H16F4N2O/c16-9-3-10(17)5-12(4-9)21-2-1-14(13(21)22)6-11(20)7-15(18,19)8-14/h3-5,11H,1-2,6-8,20H2/t11-,14+/m1/s1. The number of nitrogens with two attached hydrogens (primary N) is 1. The van der Waals surface area contributed by atoms with Gasteiger partial charge in [-0.15, -0.1) is 0 Å². The van der Waals surface area contributed by atoms with Gasteiger partial charge in [-0.2, -0.15) is 0 Å². The fourth-order valence-corrected chi connectivity index (χ4v) is 3.71. The minimum absolute atomic E-state index is 0.0573. The number of nitrogens with zero attached hydrogens (tertiary/aromatic N) is 1. The Morgan fingerprint density at radius 2 is 1.77 bits per heavy atom. The molecule has 1 saturated carbocycles.